The fourth-order valence-electron chi connectivity index (χ4n) is 3.43. The second-order valence-electron chi connectivity index (χ2n) is 7.07. The van der Waals surface area contributed by atoms with Gasteiger partial charge in [0.1, 0.15) is 11.6 Å². The first-order valence-electron chi connectivity index (χ1n) is 9.32. The molecule has 1 aliphatic heterocycles. The number of rotatable bonds is 6. The number of nitrogens with zero attached hydrogens (tertiary/aromatic N) is 2. The van der Waals surface area contributed by atoms with E-state index in [1.807, 2.05) is 48.7 Å². The quantitative estimate of drug-likeness (QED) is 0.434. The van der Waals surface area contributed by atoms with Crippen molar-refractivity contribution in [3.8, 4) is 6.07 Å². The summed E-state index contributed by atoms with van der Waals surface area (Å²) in [5.41, 5.74) is 7.11. The Morgan fingerprint density at radius 2 is 2.00 bits per heavy atom. The Morgan fingerprint density at radius 1 is 1.30 bits per heavy atom. The predicted octanol–water partition coefficient (Wildman–Crippen LogP) is 3.02. The Labute approximate surface area is 178 Å². The third-order valence-electron chi connectivity index (χ3n) is 4.90. The van der Waals surface area contributed by atoms with Crippen LogP contribution in [-0.2, 0) is 19.1 Å². The van der Waals surface area contributed by atoms with Gasteiger partial charge in [0.2, 0.25) is 11.7 Å². The van der Waals surface area contributed by atoms with Crippen LogP contribution < -0.4 is 10.6 Å². The minimum absolute atomic E-state index is 0.0275. The van der Waals surface area contributed by atoms with Gasteiger partial charge in [-0.3, -0.25) is 14.4 Å². The summed E-state index contributed by atoms with van der Waals surface area (Å²) in [6.07, 6.45) is -0.0275. The van der Waals surface area contributed by atoms with Crippen LogP contribution in [0.15, 0.2) is 53.0 Å². The highest BCUT2D eigenvalue weighted by Crippen LogP contribution is 2.43. The van der Waals surface area contributed by atoms with Gasteiger partial charge in [0.15, 0.2) is 6.61 Å². The summed E-state index contributed by atoms with van der Waals surface area (Å²) in [6, 6.07) is 12.4. The molecule has 30 heavy (non-hydrogen) atoms. The Hall–Kier alpha value is -3.44. The molecule has 1 aromatic carbocycles. The van der Waals surface area contributed by atoms with Crippen molar-refractivity contribution in [3.05, 3.63) is 63.5 Å². The van der Waals surface area contributed by atoms with Crippen molar-refractivity contribution < 1.29 is 19.1 Å². The average molecular weight is 423 g/mol. The van der Waals surface area contributed by atoms with Gasteiger partial charge in [0, 0.05) is 22.7 Å². The number of ether oxygens (including phenoxy) is 1. The highest BCUT2D eigenvalue weighted by Gasteiger charge is 2.46. The second kappa shape index (κ2) is 8.93. The molecule has 0 aliphatic carbocycles. The van der Waals surface area contributed by atoms with E-state index in [2.05, 4.69) is 0 Å². The zero-order chi connectivity index (χ0) is 21.8. The number of carbonyl (C=O) groups excluding carboxylic acids is 3. The number of nitrogens with two attached hydrogens (primary N) is 1. The molecule has 1 aromatic heterocycles. The fraction of sp³-hybridized carbons (Fsp3) is 0.273. The monoisotopic (exact) mass is 423 g/mol. The molecule has 0 bridgehead atoms. The molecule has 1 saturated heterocycles. The van der Waals surface area contributed by atoms with Crippen molar-refractivity contribution in [2.24, 2.45) is 11.7 Å². The first-order chi connectivity index (χ1) is 14.3. The molecule has 0 radical (unpaired) electrons. The third-order valence-corrected chi connectivity index (χ3v) is 5.85. The molecule has 1 fully saturated rings. The number of Topliss-reactive ketones (excluding diaryl/α,β-unsaturated/α-hetero) is 1. The number of benzene rings is 1. The van der Waals surface area contributed by atoms with Crippen LogP contribution in [-0.4, -0.2) is 24.3 Å². The molecule has 1 aliphatic rings. The standard InChI is InChI=1S/C22H21N3O4S/c1-13-5-7-15(8-6-13)25-20(27)10-16(21(25)19-4-3-9-30-19)22(28)29-12-18(26)17(11-23)14(2)24/h3-9,16,21H,10,12,24H2,1-2H3. The highest BCUT2D eigenvalue weighted by molar-refractivity contribution is 7.10. The molecular formula is C22H21N3O4S. The molecule has 3 rings (SSSR count). The van der Waals surface area contributed by atoms with Gasteiger partial charge in [0.25, 0.3) is 0 Å². The molecular weight excluding hydrogens is 402 g/mol. The minimum Gasteiger partial charge on any atom is -0.457 e. The van der Waals surface area contributed by atoms with Crippen LogP contribution in [0.1, 0.15) is 29.8 Å². The van der Waals surface area contributed by atoms with E-state index in [-0.39, 0.29) is 23.6 Å². The van der Waals surface area contributed by atoms with Gasteiger partial charge in [-0.15, -0.1) is 11.3 Å². The average Bonchev–Trinajstić information content (AvgIpc) is 3.34. The smallest absolute Gasteiger partial charge is 0.312 e. The van der Waals surface area contributed by atoms with Crippen LogP contribution in [0.25, 0.3) is 0 Å². The zero-order valence-corrected chi connectivity index (χ0v) is 17.4. The first kappa shape index (κ1) is 21.3. The number of nitriles is 1. The summed E-state index contributed by atoms with van der Waals surface area (Å²) < 4.78 is 5.20. The molecule has 2 heterocycles. The maximum absolute atomic E-state index is 12.9. The Kier molecular flexibility index (Phi) is 6.33. The fourth-order valence-corrected chi connectivity index (χ4v) is 4.31. The lowest BCUT2D eigenvalue weighted by molar-refractivity contribution is -0.151. The van der Waals surface area contributed by atoms with Crippen LogP contribution in [0.5, 0.6) is 0 Å². The number of hydrogen-bond donors (Lipinski definition) is 1. The van der Waals surface area contributed by atoms with Gasteiger partial charge in [-0.05, 0) is 37.4 Å². The van der Waals surface area contributed by atoms with Crippen molar-refractivity contribution >= 4 is 34.7 Å². The predicted molar refractivity (Wildman–Crippen MR) is 112 cm³/mol. The molecule has 2 aromatic rings. The van der Waals surface area contributed by atoms with E-state index < -0.39 is 30.3 Å². The number of carbonyl (C=O) groups is 3. The van der Waals surface area contributed by atoms with Crippen LogP contribution in [0.2, 0.25) is 0 Å². The summed E-state index contributed by atoms with van der Waals surface area (Å²) in [5.74, 6) is -2.28. The molecule has 1 amide bonds. The van der Waals surface area contributed by atoms with Crippen molar-refractivity contribution in [3.63, 3.8) is 0 Å². The van der Waals surface area contributed by atoms with E-state index in [9.17, 15) is 14.4 Å². The molecule has 7 nitrogen and oxygen atoms in total. The van der Waals surface area contributed by atoms with Crippen LogP contribution >= 0.6 is 11.3 Å². The molecule has 0 spiro atoms. The van der Waals surface area contributed by atoms with Gasteiger partial charge in [-0.2, -0.15) is 5.26 Å². The summed E-state index contributed by atoms with van der Waals surface area (Å²) in [5, 5.41) is 10.9. The largest absolute Gasteiger partial charge is 0.457 e. The van der Waals surface area contributed by atoms with Gasteiger partial charge >= 0.3 is 5.97 Å². The number of anilines is 1. The lowest BCUT2D eigenvalue weighted by Gasteiger charge is -2.27. The molecule has 0 saturated carbocycles. The van der Waals surface area contributed by atoms with Gasteiger partial charge in [-0.25, -0.2) is 0 Å². The molecule has 2 unspecified atom stereocenters. The SMILES string of the molecule is CC(N)=C(C#N)C(=O)COC(=O)C1CC(=O)N(c2ccc(C)cc2)C1c1cccs1. The lowest BCUT2D eigenvalue weighted by Crippen LogP contribution is -2.31. The number of aryl methyl sites for hydroxylation is 1. The van der Waals surface area contributed by atoms with E-state index in [0.717, 1.165) is 10.4 Å². The minimum atomic E-state index is -0.765. The van der Waals surface area contributed by atoms with Crippen molar-refractivity contribution in [2.45, 2.75) is 26.3 Å². The van der Waals surface area contributed by atoms with Gasteiger partial charge < -0.3 is 15.4 Å². The highest BCUT2D eigenvalue weighted by atomic mass is 32.1. The van der Waals surface area contributed by atoms with E-state index >= 15 is 0 Å². The normalized spacial score (nSPS) is 19.2. The van der Waals surface area contributed by atoms with Gasteiger partial charge in [0.05, 0.1) is 12.0 Å². The summed E-state index contributed by atoms with van der Waals surface area (Å²) in [4.78, 5) is 40.3. The number of esters is 1. The van der Waals surface area contributed by atoms with E-state index in [1.165, 1.54) is 18.3 Å². The molecule has 154 valence electrons. The van der Waals surface area contributed by atoms with E-state index in [1.54, 1.807) is 11.0 Å². The zero-order valence-electron chi connectivity index (χ0n) is 16.6. The number of hydrogen-bond acceptors (Lipinski definition) is 7. The Morgan fingerprint density at radius 3 is 2.57 bits per heavy atom. The number of allylic oxidation sites excluding steroid dienone is 1. The van der Waals surface area contributed by atoms with Crippen molar-refractivity contribution in [2.75, 3.05) is 11.5 Å². The topological polar surface area (TPSA) is 113 Å². The number of ketones is 1. The lowest BCUT2D eigenvalue weighted by atomic mass is 9.98. The molecule has 2 atom stereocenters. The van der Waals surface area contributed by atoms with Crippen LogP contribution in [0, 0.1) is 24.2 Å². The van der Waals surface area contributed by atoms with Gasteiger partial charge in [-0.1, -0.05) is 23.8 Å². The maximum atomic E-state index is 12.9. The first-order valence-corrected chi connectivity index (χ1v) is 10.2. The van der Waals surface area contributed by atoms with Crippen molar-refractivity contribution in [1.82, 2.24) is 0 Å². The van der Waals surface area contributed by atoms with E-state index in [4.69, 9.17) is 15.7 Å². The third kappa shape index (κ3) is 4.26. The second-order valence-corrected chi connectivity index (χ2v) is 8.05. The Balaban J connectivity index is 1.85. The van der Waals surface area contributed by atoms with Crippen LogP contribution in [0.4, 0.5) is 5.69 Å². The molecule has 8 heteroatoms. The maximum Gasteiger partial charge on any atom is 0.312 e. The molecule has 2 N–H and O–H groups in total. The Bertz CT molecular complexity index is 1030. The summed E-state index contributed by atoms with van der Waals surface area (Å²) in [7, 11) is 0. The van der Waals surface area contributed by atoms with Crippen LogP contribution in [0.3, 0.4) is 0 Å². The van der Waals surface area contributed by atoms with Crippen molar-refractivity contribution in [1.29, 1.82) is 5.26 Å². The summed E-state index contributed by atoms with van der Waals surface area (Å²) >= 11 is 1.45. The number of amides is 1. The number of thiophene rings is 1. The summed E-state index contributed by atoms with van der Waals surface area (Å²) in [6.45, 7) is 2.79. The van der Waals surface area contributed by atoms with E-state index in [0.29, 0.717) is 5.69 Å².